The Morgan fingerprint density at radius 1 is 1.16 bits per heavy atom. The van der Waals surface area contributed by atoms with Gasteiger partial charge < -0.3 is 10.6 Å². The molecule has 2 aliphatic heterocycles. The number of benzene rings is 1. The number of fused-ring (bicyclic) bond motifs is 1. The lowest BCUT2D eigenvalue weighted by Crippen LogP contribution is -2.50. The van der Waals surface area contributed by atoms with Gasteiger partial charge in [-0.2, -0.15) is 0 Å². The molecule has 2 heterocycles. The summed E-state index contributed by atoms with van der Waals surface area (Å²) in [5.74, 6) is -0.329. The average molecular weight is 453 g/mol. The number of nitrogens with zero attached hydrogens (tertiary/aromatic N) is 2. The maximum Gasteiger partial charge on any atom is 0.243 e. The van der Waals surface area contributed by atoms with Crippen molar-refractivity contribution < 1.29 is 17.6 Å². The quantitative estimate of drug-likeness (QED) is 0.729. The van der Waals surface area contributed by atoms with Gasteiger partial charge in [-0.05, 0) is 57.2 Å². The number of rotatable bonds is 4. The Bertz CT molecular complexity index is 908. The zero-order valence-electron chi connectivity index (χ0n) is 18.4. The fraction of sp³-hybridized carbons (Fsp3) is 0.682. The maximum absolute atomic E-state index is 14.1. The van der Waals surface area contributed by atoms with Gasteiger partial charge in [0.1, 0.15) is 11.9 Å². The van der Waals surface area contributed by atoms with E-state index >= 15 is 0 Å². The highest BCUT2D eigenvalue weighted by molar-refractivity contribution is 7.88. The summed E-state index contributed by atoms with van der Waals surface area (Å²) in [6, 6.07) is 3.21. The number of anilines is 1. The van der Waals surface area contributed by atoms with Crippen molar-refractivity contribution in [1.82, 2.24) is 14.5 Å². The minimum Gasteiger partial charge on any atom is -0.373 e. The molecule has 3 aliphatic rings. The first-order valence-electron chi connectivity index (χ1n) is 11.3. The molecule has 1 amide bonds. The highest BCUT2D eigenvalue weighted by Gasteiger charge is 2.34. The number of carbonyl (C=O) groups is 1. The molecule has 2 fully saturated rings. The summed E-state index contributed by atoms with van der Waals surface area (Å²) >= 11 is 0. The van der Waals surface area contributed by atoms with Crippen molar-refractivity contribution in [2.75, 3.05) is 37.8 Å². The first-order chi connectivity index (χ1) is 14.7. The molecule has 3 atom stereocenters. The lowest BCUT2D eigenvalue weighted by Gasteiger charge is -2.37. The molecule has 1 unspecified atom stereocenters. The molecule has 4 rings (SSSR count). The van der Waals surface area contributed by atoms with Crippen molar-refractivity contribution in [2.45, 2.75) is 63.6 Å². The van der Waals surface area contributed by atoms with Crippen molar-refractivity contribution in [2.24, 2.45) is 0 Å². The lowest BCUT2D eigenvalue weighted by atomic mass is 9.89. The summed E-state index contributed by atoms with van der Waals surface area (Å²) in [5.41, 5.74) is 2.30. The molecule has 0 bridgehead atoms. The van der Waals surface area contributed by atoms with Crippen molar-refractivity contribution in [1.29, 1.82) is 0 Å². The zero-order valence-corrected chi connectivity index (χ0v) is 19.2. The molecule has 7 nitrogen and oxygen atoms in total. The number of hydrogen-bond donors (Lipinski definition) is 2. The minimum atomic E-state index is -3.15. The number of carbonyl (C=O) groups excluding carboxylic acids is 1. The molecule has 31 heavy (non-hydrogen) atoms. The number of sulfonamides is 1. The Balaban J connectivity index is 1.33. The third-order valence-corrected chi connectivity index (χ3v) is 8.28. The number of hydrogen-bond acceptors (Lipinski definition) is 5. The first-order valence-corrected chi connectivity index (χ1v) is 13.1. The van der Waals surface area contributed by atoms with Crippen LogP contribution in [0.1, 0.15) is 43.2 Å². The Morgan fingerprint density at radius 2 is 1.97 bits per heavy atom. The van der Waals surface area contributed by atoms with Crippen LogP contribution in [-0.2, 0) is 21.2 Å². The van der Waals surface area contributed by atoms with E-state index in [2.05, 4.69) is 15.5 Å². The second-order valence-electron chi connectivity index (χ2n) is 9.20. The molecule has 1 aliphatic carbocycles. The number of halogens is 1. The minimum absolute atomic E-state index is 0.0697. The van der Waals surface area contributed by atoms with Crippen LogP contribution in [0, 0.1) is 12.7 Å². The lowest BCUT2D eigenvalue weighted by molar-refractivity contribution is -0.122. The van der Waals surface area contributed by atoms with Crippen LogP contribution in [0.25, 0.3) is 0 Å². The van der Waals surface area contributed by atoms with E-state index in [0.717, 1.165) is 56.4 Å². The van der Waals surface area contributed by atoms with Crippen LogP contribution in [-0.4, -0.2) is 74.1 Å². The third-order valence-electron chi connectivity index (χ3n) is 6.98. The largest absolute Gasteiger partial charge is 0.373 e. The van der Waals surface area contributed by atoms with Crippen molar-refractivity contribution in [3.8, 4) is 0 Å². The van der Waals surface area contributed by atoms with Gasteiger partial charge in [0, 0.05) is 49.4 Å². The Morgan fingerprint density at radius 3 is 2.71 bits per heavy atom. The van der Waals surface area contributed by atoms with Crippen molar-refractivity contribution >= 4 is 21.6 Å². The first kappa shape index (κ1) is 22.5. The molecule has 1 aromatic carbocycles. The van der Waals surface area contributed by atoms with E-state index in [9.17, 15) is 17.6 Å². The van der Waals surface area contributed by atoms with Crippen LogP contribution in [0.5, 0.6) is 0 Å². The second kappa shape index (κ2) is 9.03. The van der Waals surface area contributed by atoms with Gasteiger partial charge >= 0.3 is 0 Å². The number of amides is 1. The molecule has 0 spiro atoms. The molecule has 1 saturated carbocycles. The summed E-state index contributed by atoms with van der Waals surface area (Å²) < 4.78 is 39.5. The van der Waals surface area contributed by atoms with Gasteiger partial charge in [0.05, 0.1) is 6.26 Å². The highest BCUT2D eigenvalue weighted by Crippen LogP contribution is 2.32. The molecular weight excluding hydrogens is 419 g/mol. The number of aryl methyl sites for hydroxylation is 1. The molecule has 0 aromatic heterocycles. The van der Waals surface area contributed by atoms with Gasteiger partial charge in [0.2, 0.25) is 15.9 Å². The summed E-state index contributed by atoms with van der Waals surface area (Å²) in [6.45, 7) is 4.64. The van der Waals surface area contributed by atoms with Gasteiger partial charge in [-0.1, -0.05) is 6.07 Å². The molecule has 0 radical (unpaired) electrons. The van der Waals surface area contributed by atoms with Gasteiger partial charge in [-0.3, -0.25) is 9.69 Å². The van der Waals surface area contributed by atoms with Gasteiger partial charge in [-0.15, -0.1) is 0 Å². The topological polar surface area (TPSA) is 81.8 Å². The SMILES string of the molecule is Cc1ccc(F)c2c1NC(C(=O)N[C@@H]1CCC[C@@H](N3CCCN(S(C)(=O)=O)CC3)C1)C2. The monoisotopic (exact) mass is 452 g/mol. The standard InChI is InChI=1S/C22H33FN4O3S/c1-15-7-8-19(23)18-14-20(25-21(15)18)22(28)24-16-5-3-6-17(13-16)26-9-4-10-27(12-11-26)31(2,29)30/h7-8,16-17,20,25H,3-6,9-14H2,1-2H3,(H,24,28)/t16-,17-,20?/m1/s1. The zero-order chi connectivity index (χ0) is 22.2. The molecular formula is C22H33FN4O3S. The van der Waals surface area contributed by atoms with Crippen LogP contribution < -0.4 is 10.6 Å². The van der Waals surface area contributed by atoms with Gasteiger partial charge in [0.25, 0.3) is 0 Å². The highest BCUT2D eigenvalue weighted by atomic mass is 32.2. The van der Waals surface area contributed by atoms with E-state index in [-0.39, 0.29) is 17.8 Å². The second-order valence-corrected chi connectivity index (χ2v) is 11.2. The Kier molecular flexibility index (Phi) is 6.55. The molecule has 2 N–H and O–H groups in total. The molecule has 172 valence electrons. The third kappa shape index (κ3) is 5.04. The number of nitrogens with one attached hydrogen (secondary N) is 2. The maximum atomic E-state index is 14.1. The predicted octanol–water partition coefficient (Wildman–Crippen LogP) is 1.87. The fourth-order valence-electron chi connectivity index (χ4n) is 5.27. The van der Waals surface area contributed by atoms with Gasteiger partial charge in [-0.25, -0.2) is 17.1 Å². The van der Waals surface area contributed by atoms with E-state index < -0.39 is 16.1 Å². The van der Waals surface area contributed by atoms with E-state index in [1.807, 2.05) is 6.92 Å². The summed E-state index contributed by atoms with van der Waals surface area (Å²) in [6.07, 6.45) is 6.40. The van der Waals surface area contributed by atoms with Gasteiger partial charge in [0.15, 0.2) is 0 Å². The Hall–Kier alpha value is -1.71. The fourth-order valence-corrected chi connectivity index (χ4v) is 6.14. The van der Waals surface area contributed by atoms with Crippen LogP contribution in [0.2, 0.25) is 0 Å². The normalized spacial score (nSPS) is 27.9. The van der Waals surface area contributed by atoms with E-state index in [1.54, 1.807) is 10.4 Å². The van der Waals surface area contributed by atoms with Crippen molar-refractivity contribution in [3.05, 3.63) is 29.1 Å². The van der Waals surface area contributed by atoms with Crippen LogP contribution >= 0.6 is 0 Å². The smallest absolute Gasteiger partial charge is 0.243 e. The summed E-state index contributed by atoms with van der Waals surface area (Å²) in [7, 11) is -3.15. The predicted molar refractivity (Wildman–Crippen MR) is 119 cm³/mol. The van der Waals surface area contributed by atoms with Crippen molar-refractivity contribution in [3.63, 3.8) is 0 Å². The van der Waals surface area contributed by atoms with E-state index in [0.29, 0.717) is 31.1 Å². The molecule has 1 saturated heterocycles. The van der Waals surface area contributed by atoms with E-state index in [1.165, 1.54) is 12.3 Å². The average Bonchev–Trinajstić information content (AvgIpc) is 3.03. The molecule has 9 heteroatoms. The summed E-state index contributed by atoms with van der Waals surface area (Å²) in [4.78, 5) is 15.3. The summed E-state index contributed by atoms with van der Waals surface area (Å²) in [5, 5.41) is 6.41. The van der Waals surface area contributed by atoms with Crippen LogP contribution in [0.15, 0.2) is 12.1 Å². The Labute approximate surface area is 184 Å². The van der Waals surface area contributed by atoms with Crippen LogP contribution in [0.3, 0.4) is 0 Å². The van der Waals surface area contributed by atoms with E-state index in [4.69, 9.17) is 0 Å². The molecule has 1 aromatic rings. The van der Waals surface area contributed by atoms with Crippen LogP contribution in [0.4, 0.5) is 10.1 Å².